The fraction of sp³-hybridized carbons (Fsp3) is 0.588. The van der Waals surface area contributed by atoms with Gasteiger partial charge in [-0.3, -0.25) is 4.79 Å². The molecule has 0 aromatic heterocycles. The first-order chi connectivity index (χ1) is 12.2. The molecule has 1 heterocycles. The Morgan fingerprint density at radius 2 is 1.73 bits per heavy atom. The molecule has 8 nitrogen and oxygen atoms in total. The van der Waals surface area contributed by atoms with Crippen LogP contribution < -0.4 is 9.47 Å². The summed E-state index contributed by atoms with van der Waals surface area (Å²) >= 11 is 0. The normalized spacial score (nSPS) is 16.0. The Labute approximate surface area is 155 Å². The third-order valence-corrected chi connectivity index (χ3v) is 5.64. The van der Waals surface area contributed by atoms with E-state index in [4.69, 9.17) is 9.47 Å². The summed E-state index contributed by atoms with van der Waals surface area (Å²) in [5, 5.41) is 0. The monoisotopic (exact) mass is 385 g/mol. The van der Waals surface area contributed by atoms with Gasteiger partial charge in [0, 0.05) is 32.7 Å². The molecule has 0 spiro atoms. The van der Waals surface area contributed by atoms with E-state index in [0.29, 0.717) is 24.6 Å². The van der Waals surface area contributed by atoms with Gasteiger partial charge in [-0.15, -0.1) is 0 Å². The molecule has 9 heteroatoms. The highest BCUT2D eigenvalue weighted by Gasteiger charge is 2.25. The van der Waals surface area contributed by atoms with Gasteiger partial charge in [0.2, 0.25) is 15.9 Å². The Morgan fingerprint density at radius 1 is 1.12 bits per heavy atom. The van der Waals surface area contributed by atoms with Gasteiger partial charge in [-0.05, 0) is 24.7 Å². The van der Waals surface area contributed by atoms with Gasteiger partial charge < -0.3 is 19.3 Å². The molecule has 1 aromatic carbocycles. The van der Waals surface area contributed by atoms with Crippen molar-refractivity contribution in [3.05, 3.63) is 23.8 Å². The molecule has 0 radical (unpaired) electrons. The summed E-state index contributed by atoms with van der Waals surface area (Å²) < 4.78 is 36.0. The van der Waals surface area contributed by atoms with Crippen LogP contribution in [0.25, 0.3) is 0 Å². The lowest BCUT2D eigenvalue weighted by Crippen LogP contribution is -2.50. The standard InChI is InChI=1S/C17H27N3O5S/c1-18-7-9-19(10-8-18)17(21)13-20(26(4,22)23)12-14-5-6-15(24-2)16(11-14)25-3/h5-6,11H,7-10,12-13H2,1-4H3. The predicted octanol–water partition coefficient (Wildman–Crippen LogP) is 0.239. The summed E-state index contributed by atoms with van der Waals surface area (Å²) in [4.78, 5) is 16.4. The van der Waals surface area contributed by atoms with Crippen LogP contribution in [0.2, 0.25) is 0 Å². The van der Waals surface area contributed by atoms with Crippen molar-refractivity contribution in [2.75, 3.05) is 60.2 Å². The predicted molar refractivity (Wildman–Crippen MR) is 98.9 cm³/mol. The molecule has 146 valence electrons. The number of carbonyl (C=O) groups excluding carboxylic acids is 1. The maximum Gasteiger partial charge on any atom is 0.237 e. The first-order valence-electron chi connectivity index (χ1n) is 8.37. The van der Waals surface area contributed by atoms with Crippen LogP contribution in [0.4, 0.5) is 0 Å². The summed E-state index contributed by atoms with van der Waals surface area (Å²) in [7, 11) is 1.52. The molecule has 2 rings (SSSR count). The van der Waals surface area contributed by atoms with Crippen LogP contribution in [0.1, 0.15) is 5.56 Å². The molecule has 1 aliphatic heterocycles. The van der Waals surface area contributed by atoms with Gasteiger partial charge in [-0.2, -0.15) is 4.31 Å². The minimum atomic E-state index is -3.54. The SMILES string of the molecule is COc1ccc(CN(CC(=O)N2CCN(C)CC2)S(C)(=O)=O)cc1OC. The molecule has 1 amide bonds. The van der Waals surface area contributed by atoms with Crippen molar-refractivity contribution in [2.45, 2.75) is 6.54 Å². The van der Waals surface area contributed by atoms with Gasteiger partial charge in [-0.1, -0.05) is 6.07 Å². The van der Waals surface area contributed by atoms with Crippen LogP contribution in [0, 0.1) is 0 Å². The number of benzene rings is 1. The zero-order chi connectivity index (χ0) is 19.3. The second kappa shape index (κ2) is 8.70. The maximum absolute atomic E-state index is 12.5. The number of likely N-dealkylation sites (N-methyl/N-ethyl adjacent to an activating group) is 1. The van der Waals surface area contributed by atoms with Crippen molar-refractivity contribution in [3.8, 4) is 11.5 Å². The Morgan fingerprint density at radius 3 is 2.27 bits per heavy atom. The number of amides is 1. The van der Waals surface area contributed by atoms with Crippen LogP contribution in [-0.2, 0) is 21.4 Å². The largest absolute Gasteiger partial charge is 0.493 e. The number of piperazine rings is 1. The maximum atomic E-state index is 12.5. The molecule has 0 saturated carbocycles. The van der Waals surface area contributed by atoms with Gasteiger partial charge in [-0.25, -0.2) is 8.42 Å². The molecular weight excluding hydrogens is 358 g/mol. The number of methoxy groups -OCH3 is 2. The summed E-state index contributed by atoms with van der Waals surface area (Å²) in [6.45, 7) is 2.74. The van der Waals surface area contributed by atoms with E-state index in [9.17, 15) is 13.2 Å². The van der Waals surface area contributed by atoms with Crippen LogP contribution in [0.3, 0.4) is 0 Å². The lowest BCUT2D eigenvalue weighted by Gasteiger charge is -2.33. The Balaban J connectivity index is 2.12. The number of nitrogens with zero attached hydrogens (tertiary/aromatic N) is 3. The highest BCUT2D eigenvalue weighted by atomic mass is 32.2. The first-order valence-corrected chi connectivity index (χ1v) is 10.2. The van der Waals surface area contributed by atoms with Crippen LogP contribution in [0.5, 0.6) is 11.5 Å². The van der Waals surface area contributed by atoms with Crippen LogP contribution in [0.15, 0.2) is 18.2 Å². The van der Waals surface area contributed by atoms with E-state index in [0.717, 1.165) is 24.9 Å². The smallest absolute Gasteiger partial charge is 0.237 e. The van der Waals surface area contributed by atoms with Crippen molar-refractivity contribution < 1.29 is 22.7 Å². The average molecular weight is 385 g/mol. The van der Waals surface area contributed by atoms with Crippen molar-refractivity contribution in [3.63, 3.8) is 0 Å². The Kier molecular flexibility index (Phi) is 6.85. The van der Waals surface area contributed by atoms with E-state index in [1.54, 1.807) is 23.1 Å². The highest BCUT2D eigenvalue weighted by molar-refractivity contribution is 7.88. The fourth-order valence-corrected chi connectivity index (χ4v) is 3.51. The molecule has 0 atom stereocenters. The molecule has 0 unspecified atom stereocenters. The van der Waals surface area contributed by atoms with Gasteiger partial charge in [0.25, 0.3) is 0 Å². The summed E-state index contributed by atoms with van der Waals surface area (Å²) in [5.74, 6) is 0.906. The second-order valence-corrected chi connectivity index (χ2v) is 8.39. The average Bonchev–Trinajstić information content (AvgIpc) is 2.60. The number of sulfonamides is 1. The molecule has 26 heavy (non-hydrogen) atoms. The third kappa shape index (κ3) is 5.33. The molecular formula is C17H27N3O5S. The van der Waals surface area contributed by atoms with E-state index < -0.39 is 10.0 Å². The highest BCUT2D eigenvalue weighted by Crippen LogP contribution is 2.28. The van der Waals surface area contributed by atoms with Gasteiger partial charge in [0.15, 0.2) is 11.5 Å². The van der Waals surface area contributed by atoms with E-state index in [1.165, 1.54) is 18.5 Å². The summed E-state index contributed by atoms with van der Waals surface area (Å²) in [5.41, 5.74) is 0.722. The molecule has 0 N–H and O–H groups in total. The number of ether oxygens (including phenoxy) is 2. The Bertz CT molecular complexity index is 730. The number of hydrogen-bond donors (Lipinski definition) is 0. The van der Waals surface area contributed by atoms with Crippen LogP contribution >= 0.6 is 0 Å². The van der Waals surface area contributed by atoms with E-state index in [1.807, 2.05) is 7.05 Å². The number of hydrogen-bond acceptors (Lipinski definition) is 6. The van der Waals surface area contributed by atoms with E-state index >= 15 is 0 Å². The van der Waals surface area contributed by atoms with Crippen molar-refractivity contribution in [2.24, 2.45) is 0 Å². The van der Waals surface area contributed by atoms with Crippen molar-refractivity contribution >= 4 is 15.9 Å². The fourth-order valence-electron chi connectivity index (χ4n) is 2.78. The zero-order valence-electron chi connectivity index (χ0n) is 15.8. The topological polar surface area (TPSA) is 79.4 Å². The van der Waals surface area contributed by atoms with E-state index in [-0.39, 0.29) is 19.0 Å². The third-order valence-electron chi connectivity index (χ3n) is 4.44. The Hall–Kier alpha value is -1.84. The number of carbonyl (C=O) groups is 1. The lowest BCUT2D eigenvalue weighted by molar-refractivity contribution is -0.133. The number of rotatable bonds is 7. The molecule has 1 fully saturated rings. The molecule has 0 aliphatic carbocycles. The van der Waals surface area contributed by atoms with Crippen molar-refractivity contribution in [1.82, 2.24) is 14.1 Å². The van der Waals surface area contributed by atoms with Crippen molar-refractivity contribution in [1.29, 1.82) is 0 Å². The quantitative estimate of drug-likeness (QED) is 0.669. The molecule has 1 aliphatic rings. The zero-order valence-corrected chi connectivity index (χ0v) is 16.6. The summed E-state index contributed by atoms with van der Waals surface area (Å²) in [6, 6.07) is 5.20. The lowest BCUT2D eigenvalue weighted by atomic mass is 10.2. The second-order valence-electron chi connectivity index (χ2n) is 6.40. The van der Waals surface area contributed by atoms with Gasteiger partial charge >= 0.3 is 0 Å². The van der Waals surface area contributed by atoms with E-state index in [2.05, 4.69) is 4.90 Å². The molecule has 1 aromatic rings. The van der Waals surface area contributed by atoms with Gasteiger partial charge in [0.1, 0.15) is 0 Å². The molecule has 0 bridgehead atoms. The minimum absolute atomic E-state index is 0.0959. The van der Waals surface area contributed by atoms with Crippen LogP contribution in [-0.4, -0.2) is 88.7 Å². The summed E-state index contributed by atoms with van der Waals surface area (Å²) in [6.07, 6.45) is 1.12. The van der Waals surface area contributed by atoms with Gasteiger partial charge in [0.05, 0.1) is 27.0 Å². The molecule has 1 saturated heterocycles. The minimum Gasteiger partial charge on any atom is -0.493 e. The first kappa shape index (κ1) is 20.5.